The summed E-state index contributed by atoms with van der Waals surface area (Å²) in [5.41, 5.74) is 1.75. The largest absolute Gasteiger partial charge is 0.301 e. The maximum Gasteiger partial charge on any atom is 0.259 e. The highest BCUT2D eigenvalue weighted by molar-refractivity contribution is 6.12. The van der Waals surface area contributed by atoms with Crippen molar-refractivity contribution < 1.29 is 9.59 Å². The van der Waals surface area contributed by atoms with Crippen LogP contribution in [0.4, 0.5) is 5.69 Å². The molecule has 5 nitrogen and oxygen atoms in total. The number of rotatable bonds is 2. The minimum absolute atomic E-state index is 0.0108. The Bertz CT molecular complexity index is 1040. The summed E-state index contributed by atoms with van der Waals surface area (Å²) >= 11 is 0. The van der Waals surface area contributed by atoms with Crippen molar-refractivity contribution in [1.82, 2.24) is 9.55 Å². The molecular weight excluding hydrogens is 362 g/mol. The third-order valence-electron chi connectivity index (χ3n) is 6.43. The van der Waals surface area contributed by atoms with Crippen molar-refractivity contribution in [3.63, 3.8) is 0 Å². The summed E-state index contributed by atoms with van der Waals surface area (Å²) < 4.78 is 1.57. The molecule has 2 heterocycles. The first-order valence-electron chi connectivity index (χ1n) is 10.2. The van der Waals surface area contributed by atoms with Crippen LogP contribution in [-0.2, 0) is 0 Å². The molecule has 0 bridgehead atoms. The predicted octanol–water partition coefficient (Wildman–Crippen LogP) is 4.67. The summed E-state index contributed by atoms with van der Waals surface area (Å²) in [5.74, 6) is -0.459. The van der Waals surface area contributed by atoms with Crippen LogP contribution in [0.2, 0.25) is 0 Å². The van der Waals surface area contributed by atoms with Crippen LogP contribution in [0.1, 0.15) is 58.7 Å². The van der Waals surface area contributed by atoms with E-state index in [4.69, 9.17) is 0 Å². The summed E-state index contributed by atoms with van der Waals surface area (Å²) in [7, 11) is 0. The number of fused-ring (bicyclic) bond motifs is 1. The first kappa shape index (κ1) is 17.9. The molecule has 1 aromatic heterocycles. The standard InChI is InChI=1S/C24H23N3O2/c28-22-20-12-6-5-11-19(20)21(23(29)26-16-15-25-17-26)24(13-7-2-8-14-24)27(22)18-9-3-1-4-10-18/h1,3-6,9-12,15-17,21H,2,7-8,13-14H2/t21-/m0/s1. The predicted molar refractivity (Wildman–Crippen MR) is 111 cm³/mol. The van der Waals surface area contributed by atoms with Gasteiger partial charge in [-0.05, 0) is 36.6 Å². The van der Waals surface area contributed by atoms with E-state index in [0.29, 0.717) is 5.56 Å². The number of carbonyl (C=O) groups is 2. The summed E-state index contributed by atoms with van der Waals surface area (Å²) in [5, 5.41) is 0. The molecule has 1 saturated carbocycles. The lowest BCUT2D eigenvalue weighted by Gasteiger charge is -2.53. The van der Waals surface area contributed by atoms with Gasteiger partial charge in [0.25, 0.3) is 5.91 Å². The molecule has 0 saturated heterocycles. The molecule has 1 amide bonds. The highest BCUT2D eigenvalue weighted by Crippen LogP contribution is 2.51. The monoisotopic (exact) mass is 385 g/mol. The molecule has 29 heavy (non-hydrogen) atoms. The number of benzene rings is 2. The second-order valence-corrected chi connectivity index (χ2v) is 7.97. The second-order valence-electron chi connectivity index (χ2n) is 7.97. The summed E-state index contributed by atoms with van der Waals surface area (Å²) in [6, 6.07) is 17.4. The topological polar surface area (TPSA) is 55.2 Å². The third kappa shape index (κ3) is 2.72. The van der Waals surface area contributed by atoms with Gasteiger partial charge in [0.05, 0.1) is 11.5 Å². The normalized spacial score (nSPS) is 20.5. The molecule has 5 rings (SSSR count). The third-order valence-corrected chi connectivity index (χ3v) is 6.43. The van der Waals surface area contributed by atoms with E-state index < -0.39 is 11.5 Å². The SMILES string of the molecule is O=C1c2ccccc2[C@@H](C(=O)n2ccnc2)C2(CCCCC2)N1c1ccccc1. The fourth-order valence-corrected chi connectivity index (χ4v) is 5.21. The molecule has 3 aromatic rings. The molecule has 1 atom stereocenters. The van der Waals surface area contributed by atoms with Crippen LogP contribution in [0.3, 0.4) is 0 Å². The van der Waals surface area contributed by atoms with Gasteiger partial charge in [-0.2, -0.15) is 0 Å². The number of imidazole rings is 1. The van der Waals surface area contributed by atoms with Crippen LogP contribution in [0, 0.1) is 0 Å². The Labute approximate surface area is 170 Å². The van der Waals surface area contributed by atoms with Gasteiger partial charge in [0.1, 0.15) is 6.33 Å². The van der Waals surface area contributed by atoms with Crippen LogP contribution in [0.15, 0.2) is 73.3 Å². The first-order valence-corrected chi connectivity index (χ1v) is 10.2. The molecule has 5 heteroatoms. The number of anilines is 1. The Morgan fingerprint density at radius 1 is 0.966 bits per heavy atom. The van der Waals surface area contributed by atoms with Gasteiger partial charge >= 0.3 is 0 Å². The fourth-order valence-electron chi connectivity index (χ4n) is 5.21. The zero-order chi connectivity index (χ0) is 19.8. The average molecular weight is 385 g/mol. The molecule has 146 valence electrons. The van der Waals surface area contributed by atoms with Gasteiger partial charge < -0.3 is 4.90 Å². The van der Waals surface area contributed by atoms with Crippen molar-refractivity contribution in [2.45, 2.75) is 43.6 Å². The van der Waals surface area contributed by atoms with Crippen LogP contribution in [-0.4, -0.2) is 26.9 Å². The molecule has 2 aromatic carbocycles. The Kier molecular flexibility index (Phi) is 4.31. The van der Waals surface area contributed by atoms with Crippen molar-refractivity contribution in [2.75, 3.05) is 4.90 Å². The Hall–Kier alpha value is -3.21. The molecular formula is C24H23N3O2. The van der Waals surface area contributed by atoms with Gasteiger partial charge in [0.2, 0.25) is 5.91 Å². The van der Waals surface area contributed by atoms with E-state index in [9.17, 15) is 9.59 Å². The zero-order valence-corrected chi connectivity index (χ0v) is 16.2. The van der Waals surface area contributed by atoms with Gasteiger partial charge in [-0.3, -0.25) is 14.2 Å². The molecule has 1 fully saturated rings. The Balaban J connectivity index is 1.77. The number of hydrogen-bond donors (Lipinski definition) is 0. The lowest BCUT2D eigenvalue weighted by Crippen LogP contribution is -2.62. The number of nitrogens with zero attached hydrogens (tertiary/aromatic N) is 3. The van der Waals surface area contributed by atoms with Gasteiger partial charge in [0.15, 0.2) is 0 Å². The van der Waals surface area contributed by atoms with Crippen LogP contribution < -0.4 is 4.90 Å². The van der Waals surface area contributed by atoms with E-state index in [-0.39, 0.29) is 11.8 Å². The number of para-hydroxylation sites is 1. The molecule has 0 N–H and O–H groups in total. The summed E-state index contributed by atoms with van der Waals surface area (Å²) in [6.07, 6.45) is 9.65. The van der Waals surface area contributed by atoms with Gasteiger partial charge in [0, 0.05) is 23.6 Å². The van der Waals surface area contributed by atoms with Crippen LogP contribution in [0.25, 0.3) is 0 Å². The molecule has 1 aliphatic carbocycles. The Morgan fingerprint density at radius 2 is 1.69 bits per heavy atom. The molecule has 0 radical (unpaired) electrons. The van der Waals surface area contributed by atoms with Crippen LogP contribution in [0.5, 0.6) is 0 Å². The van der Waals surface area contributed by atoms with Gasteiger partial charge in [-0.15, -0.1) is 0 Å². The number of aromatic nitrogens is 2. The van der Waals surface area contributed by atoms with E-state index >= 15 is 0 Å². The fraction of sp³-hybridized carbons (Fsp3) is 0.292. The number of amides is 1. The first-order chi connectivity index (χ1) is 14.2. The van der Waals surface area contributed by atoms with Crippen molar-refractivity contribution in [1.29, 1.82) is 0 Å². The zero-order valence-electron chi connectivity index (χ0n) is 16.2. The van der Waals surface area contributed by atoms with Crippen molar-refractivity contribution in [3.05, 3.63) is 84.4 Å². The lowest BCUT2D eigenvalue weighted by atomic mass is 9.65. The van der Waals surface area contributed by atoms with E-state index in [2.05, 4.69) is 4.98 Å². The molecule has 1 aliphatic heterocycles. The van der Waals surface area contributed by atoms with Gasteiger partial charge in [-0.1, -0.05) is 55.7 Å². The van der Waals surface area contributed by atoms with E-state index in [0.717, 1.165) is 43.4 Å². The maximum atomic E-state index is 13.8. The molecule has 0 unspecified atom stereocenters. The maximum absolute atomic E-state index is 13.8. The molecule has 1 spiro atoms. The second kappa shape index (κ2) is 6.99. The molecule has 2 aliphatic rings. The van der Waals surface area contributed by atoms with Crippen molar-refractivity contribution in [2.24, 2.45) is 0 Å². The minimum atomic E-state index is -0.563. The quantitative estimate of drug-likeness (QED) is 0.644. The van der Waals surface area contributed by atoms with E-state index in [1.807, 2.05) is 59.5 Å². The van der Waals surface area contributed by atoms with E-state index in [1.54, 1.807) is 23.3 Å². The summed E-state index contributed by atoms with van der Waals surface area (Å²) in [4.78, 5) is 33.5. The minimum Gasteiger partial charge on any atom is -0.301 e. The number of hydrogen-bond acceptors (Lipinski definition) is 3. The Morgan fingerprint density at radius 3 is 2.41 bits per heavy atom. The van der Waals surface area contributed by atoms with Crippen LogP contribution >= 0.6 is 0 Å². The average Bonchev–Trinajstić information content (AvgIpc) is 3.30. The van der Waals surface area contributed by atoms with Crippen molar-refractivity contribution in [3.8, 4) is 0 Å². The van der Waals surface area contributed by atoms with E-state index in [1.165, 1.54) is 0 Å². The van der Waals surface area contributed by atoms with Crippen molar-refractivity contribution >= 4 is 17.5 Å². The lowest BCUT2D eigenvalue weighted by molar-refractivity contribution is 0.0743. The van der Waals surface area contributed by atoms with Gasteiger partial charge in [-0.25, -0.2) is 4.98 Å². The summed E-state index contributed by atoms with van der Waals surface area (Å²) in [6.45, 7) is 0. The number of carbonyl (C=O) groups excluding carboxylic acids is 2. The highest BCUT2D eigenvalue weighted by atomic mass is 16.2. The smallest absolute Gasteiger partial charge is 0.259 e. The highest BCUT2D eigenvalue weighted by Gasteiger charge is 2.55.